The summed E-state index contributed by atoms with van der Waals surface area (Å²) in [6, 6.07) is 11.3. The van der Waals surface area contributed by atoms with Crippen molar-refractivity contribution in [1.82, 2.24) is 5.32 Å². The monoisotopic (exact) mass is 421 g/mol. The zero-order valence-electron chi connectivity index (χ0n) is 17.3. The Balaban J connectivity index is 1.85. The van der Waals surface area contributed by atoms with E-state index in [0.717, 1.165) is 5.56 Å². The van der Waals surface area contributed by atoms with Gasteiger partial charge in [0.25, 0.3) is 5.91 Å². The van der Waals surface area contributed by atoms with E-state index in [9.17, 15) is 18.4 Å². The molecule has 0 aliphatic heterocycles. The molecule has 0 bridgehead atoms. The van der Waals surface area contributed by atoms with Crippen LogP contribution in [-0.2, 0) is 21.5 Å². The maximum absolute atomic E-state index is 12.4. The number of nitrogens with one attached hydrogen (secondary N) is 1. The lowest BCUT2D eigenvalue weighted by Crippen LogP contribution is -2.28. The molecule has 0 spiro atoms. The van der Waals surface area contributed by atoms with Crippen molar-refractivity contribution in [2.75, 3.05) is 13.7 Å². The Morgan fingerprint density at radius 3 is 2.27 bits per heavy atom. The Morgan fingerprint density at radius 2 is 1.70 bits per heavy atom. The highest BCUT2D eigenvalue weighted by Gasteiger charge is 2.16. The summed E-state index contributed by atoms with van der Waals surface area (Å²) in [6.07, 6.45) is 0. The first-order valence-corrected chi connectivity index (χ1v) is 9.26. The van der Waals surface area contributed by atoms with Crippen molar-refractivity contribution in [2.45, 2.75) is 39.3 Å². The molecule has 1 N–H and O–H groups in total. The smallest absolute Gasteiger partial charge is 0.387 e. The lowest BCUT2D eigenvalue weighted by molar-refractivity contribution is -0.124. The van der Waals surface area contributed by atoms with E-state index in [0.29, 0.717) is 11.1 Å². The van der Waals surface area contributed by atoms with Gasteiger partial charge >= 0.3 is 12.6 Å². The number of benzene rings is 2. The molecule has 6 nitrogen and oxygen atoms in total. The summed E-state index contributed by atoms with van der Waals surface area (Å²) >= 11 is 0. The minimum Gasteiger partial charge on any atom is -0.493 e. The van der Waals surface area contributed by atoms with Gasteiger partial charge in [0.1, 0.15) is 0 Å². The molecule has 0 aliphatic rings. The highest BCUT2D eigenvalue weighted by molar-refractivity contribution is 5.91. The molecule has 2 rings (SSSR count). The molecule has 1 amide bonds. The van der Waals surface area contributed by atoms with Crippen molar-refractivity contribution in [3.05, 3.63) is 59.2 Å². The molecular formula is C22H25F2NO5. The molecular weight excluding hydrogens is 396 g/mol. The first-order chi connectivity index (χ1) is 14.1. The zero-order chi connectivity index (χ0) is 22.3. The second kappa shape index (κ2) is 10.0. The van der Waals surface area contributed by atoms with Gasteiger partial charge in [-0.25, -0.2) is 4.79 Å². The van der Waals surface area contributed by atoms with Gasteiger partial charge in [-0.2, -0.15) is 8.78 Å². The van der Waals surface area contributed by atoms with Crippen LogP contribution >= 0.6 is 0 Å². The van der Waals surface area contributed by atoms with Crippen molar-refractivity contribution in [3.8, 4) is 11.5 Å². The van der Waals surface area contributed by atoms with E-state index < -0.39 is 25.1 Å². The molecule has 2 aromatic carbocycles. The number of carbonyl (C=O) groups is 2. The van der Waals surface area contributed by atoms with E-state index in [1.165, 1.54) is 25.3 Å². The van der Waals surface area contributed by atoms with Crippen LogP contribution in [0.4, 0.5) is 8.78 Å². The van der Waals surface area contributed by atoms with Crippen LogP contribution in [0.3, 0.4) is 0 Å². The van der Waals surface area contributed by atoms with E-state index in [4.69, 9.17) is 9.47 Å². The predicted octanol–water partition coefficient (Wildman–Crippen LogP) is 4.07. The first-order valence-electron chi connectivity index (χ1n) is 9.26. The van der Waals surface area contributed by atoms with Crippen LogP contribution in [0, 0.1) is 0 Å². The molecule has 0 aromatic heterocycles. The molecule has 0 saturated heterocycles. The van der Waals surface area contributed by atoms with Gasteiger partial charge in [-0.15, -0.1) is 0 Å². The molecule has 0 radical (unpaired) electrons. The van der Waals surface area contributed by atoms with Gasteiger partial charge in [0.2, 0.25) is 0 Å². The number of hydrogen-bond acceptors (Lipinski definition) is 5. The third kappa shape index (κ3) is 6.72. The van der Waals surface area contributed by atoms with Crippen LogP contribution in [0.2, 0.25) is 0 Å². The van der Waals surface area contributed by atoms with Gasteiger partial charge in [0, 0.05) is 6.54 Å². The molecule has 0 heterocycles. The van der Waals surface area contributed by atoms with Crippen LogP contribution in [0.25, 0.3) is 0 Å². The lowest BCUT2D eigenvalue weighted by atomic mass is 9.87. The van der Waals surface area contributed by atoms with Crippen molar-refractivity contribution in [2.24, 2.45) is 0 Å². The van der Waals surface area contributed by atoms with Crippen molar-refractivity contribution >= 4 is 11.9 Å². The van der Waals surface area contributed by atoms with Crippen molar-refractivity contribution in [1.29, 1.82) is 0 Å². The number of halogens is 2. The number of alkyl halides is 2. The molecule has 0 aliphatic carbocycles. The van der Waals surface area contributed by atoms with Gasteiger partial charge in [-0.05, 0) is 40.8 Å². The Hall–Kier alpha value is -3.16. The second-order valence-electron chi connectivity index (χ2n) is 7.54. The third-order valence-corrected chi connectivity index (χ3v) is 4.25. The minimum absolute atomic E-state index is 0.0330. The normalized spacial score (nSPS) is 11.2. The van der Waals surface area contributed by atoms with Gasteiger partial charge in [-0.1, -0.05) is 39.0 Å². The Bertz CT molecular complexity index is 876. The van der Waals surface area contributed by atoms with E-state index in [1.807, 2.05) is 12.1 Å². The fraction of sp³-hybridized carbons (Fsp3) is 0.364. The quantitative estimate of drug-likeness (QED) is 0.651. The maximum Gasteiger partial charge on any atom is 0.387 e. The SMILES string of the molecule is COc1cc(CNC(=O)COC(=O)c2ccc(C(C)(C)C)cc2)ccc1OC(F)F. The highest BCUT2D eigenvalue weighted by atomic mass is 19.3. The average molecular weight is 421 g/mol. The fourth-order valence-corrected chi connectivity index (χ4v) is 2.59. The van der Waals surface area contributed by atoms with Gasteiger partial charge in [-0.3, -0.25) is 4.79 Å². The summed E-state index contributed by atoms with van der Waals surface area (Å²) in [7, 11) is 1.32. The molecule has 0 unspecified atom stereocenters. The standard InChI is InChI=1S/C22H25F2NO5/c1-22(2,3)16-8-6-15(7-9-16)20(27)29-13-19(26)25-12-14-5-10-17(30-21(23)24)18(11-14)28-4/h5-11,21H,12-13H2,1-4H3,(H,25,26). The Labute approximate surface area is 174 Å². The zero-order valence-corrected chi connectivity index (χ0v) is 17.3. The Kier molecular flexibility index (Phi) is 7.74. The summed E-state index contributed by atoms with van der Waals surface area (Å²) in [5.74, 6) is -1.08. The number of rotatable bonds is 8. The van der Waals surface area contributed by atoms with Crippen LogP contribution in [0.15, 0.2) is 42.5 Å². The molecule has 0 atom stereocenters. The van der Waals surface area contributed by atoms with Crippen LogP contribution in [0.1, 0.15) is 42.3 Å². The molecule has 162 valence electrons. The number of ether oxygens (including phenoxy) is 3. The van der Waals surface area contributed by atoms with E-state index >= 15 is 0 Å². The van der Waals surface area contributed by atoms with Crippen LogP contribution in [-0.4, -0.2) is 32.2 Å². The average Bonchev–Trinajstić information content (AvgIpc) is 2.70. The van der Waals surface area contributed by atoms with E-state index in [2.05, 4.69) is 30.8 Å². The fourth-order valence-electron chi connectivity index (χ4n) is 2.59. The van der Waals surface area contributed by atoms with Gasteiger partial charge in [0.15, 0.2) is 18.1 Å². The first kappa shape index (κ1) is 23.1. The number of methoxy groups -OCH3 is 1. The largest absolute Gasteiger partial charge is 0.493 e. The second-order valence-corrected chi connectivity index (χ2v) is 7.54. The number of carbonyl (C=O) groups excluding carboxylic acids is 2. The van der Waals surface area contributed by atoms with Crippen molar-refractivity contribution in [3.63, 3.8) is 0 Å². The highest BCUT2D eigenvalue weighted by Crippen LogP contribution is 2.29. The number of amides is 1. The summed E-state index contributed by atoms with van der Waals surface area (Å²) < 4.78 is 39.1. The summed E-state index contributed by atoms with van der Waals surface area (Å²) in [5, 5.41) is 2.59. The molecule has 2 aromatic rings. The minimum atomic E-state index is -2.97. The lowest BCUT2D eigenvalue weighted by Gasteiger charge is -2.18. The topological polar surface area (TPSA) is 73.9 Å². The van der Waals surface area contributed by atoms with Crippen LogP contribution in [0.5, 0.6) is 11.5 Å². The number of esters is 1. The summed E-state index contributed by atoms with van der Waals surface area (Å²) in [6.45, 7) is 2.90. The molecule has 0 fully saturated rings. The molecule has 8 heteroatoms. The molecule has 0 saturated carbocycles. The van der Waals surface area contributed by atoms with Gasteiger partial charge in [0.05, 0.1) is 12.7 Å². The Morgan fingerprint density at radius 1 is 1.03 bits per heavy atom. The third-order valence-electron chi connectivity index (χ3n) is 4.25. The number of hydrogen-bond donors (Lipinski definition) is 1. The van der Waals surface area contributed by atoms with Crippen molar-refractivity contribution < 1.29 is 32.6 Å². The van der Waals surface area contributed by atoms with Gasteiger partial charge < -0.3 is 19.5 Å². The summed E-state index contributed by atoms with van der Waals surface area (Å²) in [5.41, 5.74) is 2.01. The predicted molar refractivity (Wildman–Crippen MR) is 107 cm³/mol. The maximum atomic E-state index is 12.4. The van der Waals surface area contributed by atoms with E-state index in [1.54, 1.807) is 12.1 Å². The summed E-state index contributed by atoms with van der Waals surface area (Å²) in [4.78, 5) is 24.1. The molecule has 30 heavy (non-hydrogen) atoms. The van der Waals surface area contributed by atoms with E-state index in [-0.39, 0.29) is 23.5 Å². The van der Waals surface area contributed by atoms with Crippen LogP contribution < -0.4 is 14.8 Å².